The van der Waals surface area contributed by atoms with E-state index in [0.29, 0.717) is 12.5 Å². The van der Waals surface area contributed by atoms with Crippen molar-refractivity contribution in [1.82, 2.24) is 19.5 Å². The summed E-state index contributed by atoms with van der Waals surface area (Å²) in [5.74, 6) is 0.426. The van der Waals surface area contributed by atoms with Crippen LogP contribution in [0.25, 0.3) is 22.3 Å². The van der Waals surface area contributed by atoms with Crippen molar-refractivity contribution in [3.63, 3.8) is 0 Å². The van der Waals surface area contributed by atoms with E-state index in [1.165, 1.54) is 12.1 Å². The number of pyridine rings is 1. The fraction of sp³-hybridized carbons (Fsp3) is 0.118. The van der Waals surface area contributed by atoms with E-state index in [1.54, 1.807) is 29.8 Å². The highest BCUT2D eigenvalue weighted by atomic mass is 32.1. The lowest BCUT2D eigenvalue weighted by Crippen LogP contribution is -2.04. The first-order valence-corrected chi connectivity index (χ1v) is 8.29. The van der Waals surface area contributed by atoms with Crippen LogP contribution in [-0.4, -0.2) is 19.5 Å². The Morgan fingerprint density at radius 2 is 2.00 bits per heavy atom. The molecule has 0 radical (unpaired) electrons. The van der Waals surface area contributed by atoms with Crippen molar-refractivity contribution in [3.8, 4) is 11.3 Å². The second-order valence-corrected chi connectivity index (χ2v) is 6.29. The van der Waals surface area contributed by atoms with E-state index in [9.17, 15) is 4.39 Å². The number of fused-ring (bicyclic) bond motifs is 1. The van der Waals surface area contributed by atoms with E-state index in [2.05, 4.69) is 20.3 Å². The molecular weight excluding hydrogens is 325 g/mol. The molecule has 4 rings (SSSR count). The fourth-order valence-corrected chi connectivity index (χ4v) is 3.27. The number of hydrogen-bond donors (Lipinski definition) is 1. The number of rotatable bonds is 4. The fourth-order valence-electron chi connectivity index (χ4n) is 2.52. The number of nitrogens with zero attached hydrogens (tertiary/aromatic N) is 4. The van der Waals surface area contributed by atoms with Crippen molar-refractivity contribution in [3.05, 3.63) is 58.9 Å². The number of nitrogens with one attached hydrogen (secondary N) is 1. The van der Waals surface area contributed by atoms with Gasteiger partial charge in [-0.1, -0.05) is 0 Å². The van der Waals surface area contributed by atoms with Crippen molar-refractivity contribution in [2.24, 2.45) is 7.05 Å². The van der Waals surface area contributed by atoms with Gasteiger partial charge in [-0.2, -0.15) is 0 Å². The molecular formula is C17H14FN5S. The van der Waals surface area contributed by atoms with Gasteiger partial charge in [-0.15, -0.1) is 11.3 Å². The summed E-state index contributed by atoms with van der Waals surface area (Å²) in [4.78, 5) is 13.1. The number of benzene rings is 1. The minimum atomic E-state index is -0.265. The SMILES string of the molecule is Cn1c(NCc2nc(-c3ccncc3)cs2)nc2ccc(F)cc21. The van der Waals surface area contributed by atoms with E-state index in [1.807, 2.05) is 29.1 Å². The predicted molar refractivity (Wildman–Crippen MR) is 93.3 cm³/mol. The van der Waals surface area contributed by atoms with Crippen molar-refractivity contribution < 1.29 is 4.39 Å². The van der Waals surface area contributed by atoms with Crippen molar-refractivity contribution in [2.75, 3.05) is 5.32 Å². The zero-order valence-electron chi connectivity index (χ0n) is 12.9. The Labute approximate surface area is 141 Å². The monoisotopic (exact) mass is 339 g/mol. The zero-order valence-corrected chi connectivity index (χ0v) is 13.7. The summed E-state index contributed by atoms with van der Waals surface area (Å²) < 4.78 is 15.2. The van der Waals surface area contributed by atoms with E-state index in [0.717, 1.165) is 27.3 Å². The minimum absolute atomic E-state index is 0.265. The number of halogens is 1. The second-order valence-electron chi connectivity index (χ2n) is 5.34. The summed E-state index contributed by atoms with van der Waals surface area (Å²) in [7, 11) is 1.86. The molecule has 5 nitrogen and oxygen atoms in total. The first-order valence-electron chi connectivity index (χ1n) is 7.41. The number of aryl methyl sites for hydroxylation is 1. The van der Waals surface area contributed by atoms with Crippen molar-refractivity contribution in [2.45, 2.75) is 6.54 Å². The van der Waals surface area contributed by atoms with Crippen molar-refractivity contribution in [1.29, 1.82) is 0 Å². The number of anilines is 1. The molecule has 120 valence electrons. The molecule has 1 N–H and O–H groups in total. The molecule has 0 unspecified atom stereocenters. The molecule has 7 heteroatoms. The van der Waals surface area contributed by atoms with E-state index in [-0.39, 0.29) is 5.82 Å². The topological polar surface area (TPSA) is 55.6 Å². The maximum atomic E-state index is 13.4. The number of thiazole rings is 1. The molecule has 0 saturated carbocycles. The minimum Gasteiger partial charge on any atom is -0.349 e. The van der Waals surface area contributed by atoms with E-state index >= 15 is 0 Å². The third-order valence-corrected chi connectivity index (χ3v) is 4.62. The van der Waals surface area contributed by atoms with Crippen LogP contribution >= 0.6 is 11.3 Å². The highest BCUT2D eigenvalue weighted by molar-refractivity contribution is 7.09. The Hall–Kier alpha value is -2.80. The van der Waals surface area contributed by atoms with E-state index in [4.69, 9.17) is 0 Å². The van der Waals surface area contributed by atoms with Gasteiger partial charge in [0, 0.05) is 30.4 Å². The molecule has 0 aliphatic rings. The Morgan fingerprint density at radius 3 is 2.83 bits per heavy atom. The molecule has 0 spiro atoms. The first-order chi connectivity index (χ1) is 11.7. The van der Waals surface area contributed by atoms with Gasteiger partial charge in [0.15, 0.2) is 0 Å². The second kappa shape index (κ2) is 6.01. The highest BCUT2D eigenvalue weighted by Crippen LogP contribution is 2.23. The molecule has 24 heavy (non-hydrogen) atoms. The summed E-state index contributed by atoms with van der Waals surface area (Å²) in [5.41, 5.74) is 3.50. The average molecular weight is 339 g/mol. The molecule has 4 aromatic rings. The number of aromatic nitrogens is 4. The third-order valence-electron chi connectivity index (χ3n) is 3.77. The van der Waals surface area contributed by atoms with Crippen LogP contribution in [0.4, 0.5) is 10.3 Å². The summed E-state index contributed by atoms with van der Waals surface area (Å²) in [6, 6.07) is 8.46. The van der Waals surface area contributed by atoms with Gasteiger partial charge in [0.25, 0.3) is 0 Å². The van der Waals surface area contributed by atoms with Gasteiger partial charge in [0.05, 0.1) is 23.3 Å². The largest absolute Gasteiger partial charge is 0.349 e. The number of imidazole rings is 1. The van der Waals surface area contributed by atoms with Crippen molar-refractivity contribution >= 4 is 28.3 Å². The molecule has 0 saturated heterocycles. The van der Waals surface area contributed by atoms with Gasteiger partial charge in [-0.05, 0) is 30.3 Å². The number of hydrogen-bond acceptors (Lipinski definition) is 5. The summed E-state index contributed by atoms with van der Waals surface area (Å²) >= 11 is 1.59. The first kappa shape index (κ1) is 14.8. The third kappa shape index (κ3) is 2.74. The molecule has 3 heterocycles. The predicted octanol–water partition coefficient (Wildman–Crippen LogP) is 3.84. The molecule has 0 amide bonds. The molecule has 0 aliphatic heterocycles. The Morgan fingerprint density at radius 1 is 1.17 bits per heavy atom. The van der Waals surface area contributed by atoms with Crippen LogP contribution in [0, 0.1) is 5.82 Å². The van der Waals surface area contributed by atoms with Crippen LogP contribution in [-0.2, 0) is 13.6 Å². The summed E-state index contributed by atoms with van der Waals surface area (Å²) in [6.07, 6.45) is 3.51. The molecule has 0 fully saturated rings. The maximum absolute atomic E-state index is 13.4. The van der Waals surface area contributed by atoms with Gasteiger partial charge in [-0.25, -0.2) is 14.4 Å². The molecule has 3 aromatic heterocycles. The van der Waals surface area contributed by atoms with Gasteiger partial charge >= 0.3 is 0 Å². The Bertz CT molecular complexity index is 993. The van der Waals surface area contributed by atoms with Gasteiger partial charge in [0.1, 0.15) is 10.8 Å². The van der Waals surface area contributed by atoms with Crippen LogP contribution < -0.4 is 5.32 Å². The average Bonchev–Trinajstić information content (AvgIpc) is 3.19. The maximum Gasteiger partial charge on any atom is 0.203 e. The quantitative estimate of drug-likeness (QED) is 0.614. The van der Waals surface area contributed by atoms with Crippen LogP contribution in [0.3, 0.4) is 0 Å². The van der Waals surface area contributed by atoms with E-state index < -0.39 is 0 Å². The highest BCUT2D eigenvalue weighted by Gasteiger charge is 2.10. The lowest BCUT2D eigenvalue weighted by Gasteiger charge is -2.04. The molecule has 1 aromatic carbocycles. The molecule has 0 bridgehead atoms. The lowest BCUT2D eigenvalue weighted by atomic mass is 10.2. The smallest absolute Gasteiger partial charge is 0.203 e. The van der Waals surface area contributed by atoms with Crippen LogP contribution in [0.1, 0.15) is 5.01 Å². The van der Waals surface area contributed by atoms with Crippen LogP contribution in [0.2, 0.25) is 0 Å². The summed E-state index contributed by atoms with van der Waals surface area (Å²) in [6.45, 7) is 0.565. The molecule has 0 atom stereocenters. The van der Waals surface area contributed by atoms with Gasteiger partial charge in [0.2, 0.25) is 5.95 Å². The standard InChI is InChI=1S/C17H14FN5S/c1-23-15-8-12(18)2-3-13(15)22-17(23)20-9-16-21-14(10-24-16)11-4-6-19-7-5-11/h2-8,10H,9H2,1H3,(H,20,22). The summed E-state index contributed by atoms with van der Waals surface area (Å²) in [5, 5.41) is 6.25. The normalized spacial score (nSPS) is 11.1. The Kier molecular flexibility index (Phi) is 3.70. The van der Waals surface area contributed by atoms with Crippen LogP contribution in [0.15, 0.2) is 48.1 Å². The zero-order chi connectivity index (χ0) is 16.5. The van der Waals surface area contributed by atoms with Crippen LogP contribution in [0.5, 0.6) is 0 Å². The van der Waals surface area contributed by atoms with Gasteiger partial charge < -0.3 is 9.88 Å². The lowest BCUT2D eigenvalue weighted by molar-refractivity contribution is 0.629. The molecule has 0 aliphatic carbocycles. The van der Waals surface area contributed by atoms with Gasteiger partial charge in [-0.3, -0.25) is 4.98 Å². The Balaban J connectivity index is 1.53.